The summed E-state index contributed by atoms with van der Waals surface area (Å²) in [6, 6.07) is 16.8. The van der Waals surface area contributed by atoms with E-state index in [1.807, 2.05) is 24.3 Å². The van der Waals surface area contributed by atoms with Crippen molar-refractivity contribution >= 4 is 23.2 Å². The monoisotopic (exact) mass is 333 g/mol. The van der Waals surface area contributed by atoms with E-state index in [0.29, 0.717) is 24.3 Å². The highest BCUT2D eigenvalue weighted by atomic mass is 16.2. The molecule has 2 aromatic rings. The van der Waals surface area contributed by atoms with Crippen molar-refractivity contribution in [1.82, 2.24) is 0 Å². The number of hydrogen-bond acceptors (Lipinski definition) is 3. The van der Waals surface area contributed by atoms with Crippen LogP contribution in [0, 0.1) is 11.3 Å². The van der Waals surface area contributed by atoms with Gasteiger partial charge in [-0.15, -0.1) is 0 Å². The zero-order valence-electron chi connectivity index (χ0n) is 14.1. The molecule has 0 radical (unpaired) electrons. The van der Waals surface area contributed by atoms with Crippen molar-refractivity contribution in [2.45, 2.75) is 19.8 Å². The van der Waals surface area contributed by atoms with Crippen molar-refractivity contribution in [1.29, 1.82) is 5.26 Å². The van der Waals surface area contributed by atoms with Crippen LogP contribution < -0.4 is 9.80 Å². The predicted molar refractivity (Wildman–Crippen MR) is 96.3 cm³/mol. The second-order valence-corrected chi connectivity index (χ2v) is 6.00. The van der Waals surface area contributed by atoms with Crippen LogP contribution in [0.25, 0.3) is 0 Å². The highest BCUT2D eigenvalue weighted by Gasteiger charge is 2.24. The molecule has 1 heterocycles. The molecule has 0 spiro atoms. The largest absolute Gasteiger partial charge is 0.312 e. The van der Waals surface area contributed by atoms with Crippen LogP contribution in [-0.4, -0.2) is 24.9 Å². The summed E-state index contributed by atoms with van der Waals surface area (Å²) in [5.41, 5.74) is 3.39. The second kappa shape index (κ2) is 7.18. The Bertz CT molecular complexity index is 837. The number of benzene rings is 2. The SMILES string of the molecule is CC(=O)N(CCC(=O)N1CCc2ccccc21)c1ccc(C#N)cc1. The summed E-state index contributed by atoms with van der Waals surface area (Å²) in [5.74, 6) is -0.107. The van der Waals surface area contributed by atoms with Crippen molar-refractivity contribution < 1.29 is 9.59 Å². The fourth-order valence-electron chi connectivity index (χ4n) is 3.12. The van der Waals surface area contributed by atoms with Crippen LogP contribution in [0.2, 0.25) is 0 Å². The van der Waals surface area contributed by atoms with E-state index >= 15 is 0 Å². The Balaban J connectivity index is 1.69. The molecule has 0 bridgehead atoms. The maximum absolute atomic E-state index is 12.6. The van der Waals surface area contributed by atoms with Crippen molar-refractivity contribution in [2.24, 2.45) is 0 Å². The fraction of sp³-hybridized carbons (Fsp3) is 0.250. The van der Waals surface area contributed by atoms with Gasteiger partial charge < -0.3 is 9.80 Å². The van der Waals surface area contributed by atoms with Gasteiger partial charge in [-0.1, -0.05) is 18.2 Å². The summed E-state index contributed by atoms with van der Waals surface area (Å²) in [7, 11) is 0. The Morgan fingerprint density at radius 3 is 2.56 bits per heavy atom. The molecule has 126 valence electrons. The van der Waals surface area contributed by atoms with Crippen LogP contribution in [0.3, 0.4) is 0 Å². The molecule has 0 saturated heterocycles. The van der Waals surface area contributed by atoms with Crippen LogP contribution in [0.5, 0.6) is 0 Å². The van der Waals surface area contributed by atoms with E-state index in [0.717, 1.165) is 12.1 Å². The molecule has 1 aliphatic rings. The first kappa shape index (κ1) is 16.7. The van der Waals surface area contributed by atoms with Crippen molar-refractivity contribution in [3.8, 4) is 6.07 Å². The highest BCUT2D eigenvalue weighted by Crippen LogP contribution is 2.28. The minimum Gasteiger partial charge on any atom is -0.312 e. The van der Waals surface area contributed by atoms with Gasteiger partial charge in [0.1, 0.15) is 0 Å². The smallest absolute Gasteiger partial charge is 0.228 e. The first-order valence-corrected chi connectivity index (χ1v) is 8.26. The number of rotatable bonds is 4. The molecule has 0 aromatic heterocycles. The summed E-state index contributed by atoms with van der Waals surface area (Å²) in [6.45, 7) is 2.49. The third-order valence-electron chi connectivity index (χ3n) is 4.43. The Kier molecular flexibility index (Phi) is 4.80. The summed E-state index contributed by atoms with van der Waals surface area (Å²) < 4.78 is 0. The lowest BCUT2D eigenvalue weighted by Gasteiger charge is -2.23. The van der Waals surface area contributed by atoms with E-state index in [1.165, 1.54) is 12.5 Å². The normalized spacial score (nSPS) is 12.4. The zero-order valence-corrected chi connectivity index (χ0v) is 14.1. The minimum atomic E-state index is -0.126. The molecule has 25 heavy (non-hydrogen) atoms. The lowest BCUT2D eigenvalue weighted by molar-refractivity contribution is -0.118. The molecule has 0 atom stereocenters. The highest BCUT2D eigenvalue weighted by molar-refractivity contribution is 5.97. The number of para-hydroxylation sites is 1. The lowest BCUT2D eigenvalue weighted by atomic mass is 10.2. The molecular formula is C20H19N3O2. The molecule has 5 heteroatoms. The summed E-state index contributed by atoms with van der Waals surface area (Å²) in [4.78, 5) is 27.9. The Hall–Kier alpha value is -3.13. The third kappa shape index (κ3) is 3.53. The number of carbonyl (C=O) groups is 2. The number of nitrogens with zero attached hydrogens (tertiary/aromatic N) is 3. The summed E-state index contributed by atoms with van der Waals surface area (Å²) in [6.07, 6.45) is 1.13. The predicted octanol–water partition coefficient (Wildman–Crippen LogP) is 2.89. The van der Waals surface area contributed by atoms with Gasteiger partial charge in [0.2, 0.25) is 11.8 Å². The number of anilines is 2. The fourth-order valence-corrected chi connectivity index (χ4v) is 3.12. The number of nitriles is 1. The van der Waals surface area contributed by atoms with E-state index in [2.05, 4.69) is 6.07 Å². The Morgan fingerprint density at radius 1 is 1.16 bits per heavy atom. The molecule has 0 aliphatic carbocycles. The van der Waals surface area contributed by atoms with E-state index in [-0.39, 0.29) is 18.2 Å². The van der Waals surface area contributed by atoms with Crippen LogP contribution in [-0.2, 0) is 16.0 Å². The van der Waals surface area contributed by atoms with Gasteiger partial charge in [-0.3, -0.25) is 9.59 Å². The van der Waals surface area contributed by atoms with Gasteiger partial charge in [-0.25, -0.2) is 0 Å². The van der Waals surface area contributed by atoms with E-state index < -0.39 is 0 Å². The average Bonchev–Trinajstić information content (AvgIpc) is 3.06. The number of amides is 2. The lowest BCUT2D eigenvalue weighted by Crippen LogP contribution is -2.35. The van der Waals surface area contributed by atoms with Crippen molar-refractivity contribution in [2.75, 3.05) is 22.9 Å². The summed E-state index contributed by atoms with van der Waals surface area (Å²) >= 11 is 0. The van der Waals surface area contributed by atoms with Crippen molar-refractivity contribution in [3.05, 3.63) is 59.7 Å². The zero-order chi connectivity index (χ0) is 17.8. The van der Waals surface area contributed by atoms with E-state index in [4.69, 9.17) is 5.26 Å². The maximum atomic E-state index is 12.6. The van der Waals surface area contributed by atoms with Crippen LogP contribution in [0.4, 0.5) is 11.4 Å². The van der Waals surface area contributed by atoms with Gasteiger partial charge in [0.05, 0.1) is 11.6 Å². The molecule has 3 rings (SSSR count). The molecule has 5 nitrogen and oxygen atoms in total. The number of fused-ring (bicyclic) bond motifs is 1. The topological polar surface area (TPSA) is 64.4 Å². The Morgan fingerprint density at radius 2 is 1.88 bits per heavy atom. The molecule has 2 amide bonds. The van der Waals surface area contributed by atoms with Crippen LogP contribution in [0.15, 0.2) is 48.5 Å². The van der Waals surface area contributed by atoms with E-state index in [9.17, 15) is 9.59 Å². The van der Waals surface area contributed by atoms with Gasteiger partial charge in [0, 0.05) is 37.8 Å². The molecule has 0 unspecified atom stereocenters. The van der Waals surface area contributed by atoms with Gasteiger partial charge in [0.25, 0.3) is 0 Å². The van der Waals surface area contributed by atoms with Gasteiger partial charge >= 0.3 is 0 Å². The first-order chi connectivity index (χ1) is 12.1. The van der Waals surface area contributed by atoms with Crippen LogP contribution in [0.1, 0.15) is 24.5 Å². The molecule has 0 N–H and O–H groups in total. The molecular weight excluding hydrogens is 314 g/mol. The van der Waals surface area contributed by atoms with E-state index in [1.54, 1.807) is 34.1 Å². The maximum Gasteiger partial charge on any atom is 0.228 e. The minimum absolute atomic E-state index is 0.0184. The average molecular weight is 333 g/mol. The van der Waals surface area contributed by atoms with Gasteiger partial charge in [0.15, 0.2) is 0 Å². The standard InChI is InChI=1S/C20H19N3O2/c1-15(24)22(18-8-6-16(14-21)7-9-18)13-11-20(25)23-12-10-17-4-2-3-5-19(17)23/h2-9H,10-13H2,1H3. The number of carbonyl (C=O) groups excluding carboxylic acids is 2. The quantitative estimate of drug-likeness (QED) is 0.864. The molecule has 0 saturated carbocycles. The third-order valence-corrected chi connectivity index (χ3v) is 4.43. The molecule has 2 aromatic carbocycles. The number of hydrogen-bond donors (Lipinski definition) is 0. The second-order valence-electron chi connectivity index (χ2n) is 6.00. The van der Waals surface area contributed by atoms with Gasteiger partial charge in [-0.05, 0) is 42.3 Å². The first-order valence-electron chi connectivity index (χ1n) is 8.26. The Labute approximate surface area is 147 Å². The summed E-state index contributed by atoms with van der Waals surface area (Å²) in [5, 5.41) is 8.87. The van der Waals surface area contributed by atoms with Crippen LogP contribution >= 0.6 is 0 Å². The van der Waals surface area contributed by atoms with Gasteiger partial charge in [-0.2, -0.15) is 5.26 Å². The van der Waals surface area contributed by atoms with Crippen molar-refractivity contribution in [3.63, 3.8) is 0 Å². The molecule has 0 fully saturated rings. The molecule has 1 aliphatic heterocycles.